The zero-order valence-electron chi connectivity index (χ0n) is 15.9. The van der Waals surface area contributed by atoms with Crippen molar-refractivity contribution in [2.75, 3.05) is 11.1 Å². The Morgan fingerprint density at radius 3 is 2.83 bits per heavy atom. The van der Waals surface area contributed by atoms with E-state index in [2.05, 4.69) is 21.6 Å². The van der Waals surface area contributed by atoms with Crippen molar-refractivity contribution in [3.63, 3.8) is 0 Å². The van der Waals surface area contributed by atoms with Crippen LogP contribution in [0, 0.1) is 0 Å². The van der Waals surface area contributed by atoms with Gasteiger partial charge < -0.3 is 14.6 Å². The molecule has 1 aromatic carbocycles. The number of thioether (sulfide) groups is 1. The topological polar surface area (TPSA) is 71.3 Å². The summed E-state index contributed by atoms with van der Waals surface area (Å²) in [5.41, 5.74) is 2.06. The van der Waals surface area contributed by atoms with E-state index < -0.39 is 0 Å². The Morgan fingerprint density at radius 2 is 2.07 bits per heavy atom. The minimum absolute atomic E-state index is 0.0623. The third-order valence-electron chi connectivity index (χ3n) is 4.56. The van der Waals surface area contributed by atoms with E-state index >= 15 is 0 Å². The lowest BCUT2D eigenvalue weighted by Gasteiger charge is -2.26. The Balaban J connectivity index is 1.38. The van der Waals surface area contributed by atoms with Crippen LogP contribution in [0.2, 0.25) is 0 Å². The molecule has 1 aliphatic carbocycles. The molecule has 4 rings (SSSR count). The van der Waals surface area contributed by atoms with Crippen LogP contribution >= 0.6 is 23.1 Å². The number of anilines is 2. The summed E-state index contributed by atoms with van der Waals surface area (Å²) in [6.45, 7) is 0.467. The highest BCUT2D eigenvalue weighted by Gasteiger charge is 2.21. The number of hydrogen-bond acceptors (Lipinski definition) is 7. The molecule has 1 aliphatic rings. The molecule has 3 aromatic rings. The minimum Gasteiger partial charge on any atom is -0.467 e. The number of furan rings is 1. The lowest BCUT2D eigenvalue weighted by atomic mass is 10.0. The number of allylic oxidation sites excluding steroid dienone is 2. The molecule has 0 unspecified atom stereocenters. The summed E-state index contributed by atoms with van der Waals surface area (Å²) in [5.74, 6) is 1.17. The van der Waals surface area contributed by atoms with Gasteiger partial charge in [-0.3, -0.25) is 4.79 Å². The monoisotopic (exact) mass is 426 g/mol. The number of carbonyl (C=O) groups excluding carboxylic acids is 1. The van der Waals surface area contributed by atoms with Crippen LogP contribution in [0.5, 0.6) is 0 Å². The molecule has 0 saturated carbocycles. The fraction of sp³-hybridized carbons (Fsp3) is 0.286. The molecule has 0 radical (unpaired) electrons. The van der Waals surface area contributed by atoms with Gasteiger partial charge in [-0.1, -0.05) is 47.4 Å². The quantitative estimate of drug-likeness (QED) is 0.483. The molecule has 0 aliphatic heterocycles. The summed E-state index contributed by atoms with van der Waals surface area (Å²) in [6.07, 6.45) is 8.08. The molecule has 0 saturated heterocycles. The molecular formula is C21H22N4O2S2. The van der Waals surface area contributed by atoms with Gasteiger partial charge in [-0.25, -0.2) is 0 Å². The maximum atomic E-state index is 13.0. The lowest BCUT2D eigenvalue weighted by Crippen LogP contribution is -2.32. The van der Waals surface area contributed by atoms with Crippen LogP contribution in [-0.2, 0) is 11.3 Å². The SMILES string of the molecule is O=C(CSc1nnc(Nc2ccccc2)s1)N(Cc1ccco1)C1=CCCCC1. The smallest absolute Gasteiger partial charge is 0.237 e. The number of nitrogens with one attached hydrogen (secondary N) is 1. The Kier molecular flexibility index (Phi) is 6.63. The first-order chi connectivity index (χ1) is 14.3. The van der Waals surface area contributed by atoms with E-state index in [9.17, 15) is 4.79 Å². The van der Waals surface area contributed by atoms with Crippen LogP contribution in [0.25, 0.3) is 0 Å². The first-order valence-electron chi connectivity index (χ1n) is 9.58. The van der Waals surface area contributed by atoms with Crippen molar-refractivity contribution in [1.82, 2.24) is 15.1 Å². The van der Waals surface area contributed by atoms with E-state index in [1.54, 1.807) is 6.26 Å². The molecule has 8 heteroatoms. The fourth-order valence-electron chi connectivity index (χ4n) is 3.14. The number of rotatable bonds is 8. The van der Waals surface area contributed by atoms with Crippen LogP contribution in [0.15, 0.2) is 69.3 Å². The van der Waals surface area contributed by atoms with Gasteiger partial charge in [-0.15, -0.1) is 10.2 Å². The maximum Gasteiger partial charge on any atom is 0.237 e. The average molecular weight is 427 g/mol. The van der Waals surface area contributed by atoms with Gasteiger partial charge in [0.15, 0.2) is 4.34 Å². The van der Waals surface area contributed by atoms with E-state index in [1.165, 1.54) is 29.5 Å². The van der Waals surface area contributed by atoms with E-state index in [-0.39, 0.29) is 5.91 Å². The standard InChI is InChI=1S/C21H22N4O2S2/c26-19(25(14-18-12-7-13-27-18)17-10-5-2-6-11-17)15-28-21-24-23-20(29-21)22-16-8-3-1-4-9-16/h1,3-4,7-10,12-13H,2,5-6,11,14-15H2,(H,22,23). The molecule has 0 bridgehead atoms. The van der Waals surface area contributed by atoms with E-state index in [0.29, 0.717) is 17.4 Å². The van der Waals surface area contributed by atoms with E-state index in [0.717, 1.165) is 40.7 Å². The Morgan fingerprint density at radius 1 is 1.17 bits per heavy atom. The number of carbonyl (C=O) groups is 1. The maximum absolute atomic E-state index is 13.0. The van der Waals surface area contributed by atoms with E-state index in [4.69, 9.17) is 4.42 Å². The van der Waals surface area contributed by atoms with Gasteiger partial charge in [0.25, 0.3) is 0 Å². The molecule has 1 N–H and O–H groups in total. The zero-order chi connectivity index (χ0) is 19.9. The molecular weight excluding hydrogens is 404 g/mol. The van der Waals surface area contributed by atoms with Gasteiger partial charge in [0.1, 0.15) is 5.76 Å². The molecule has 29 heavy (non-hydrogen) atoms. The Bertz CT molecular complexity index is 954. The first-order valence-corrected chi connectivity index (χ1v) is 11.4. The predicted octanol–water partition coefficient (Wildman–Crippen LogP) is 5.45. The second-order valence-electron chi connectivity index (χ2n) is 6.65. The molecule has 2 heterocycles. The van der Waals surface area contributed by atoms with Crippen molar-refractivity contribution in [2.45, 2.75) is 36.6 Å². The van der Waals surface area contributed by atoms with Crippen LogP contribution in [0.4, 0.5) is 10.8 Å². The molecule has 0 spiro atoms. The Labute approximate surface area is 178 Å². The molecule has 1 amide bonds. The van der Waals surface area contributed by atoms with Crippen LogP contribution in [-0.4, -0.2) is 26.8 Å². The third-order valence-corrected chi connectivity index (χ3v) is 6.52. The second-order valence-corrected chi connectivity index (χ2v) is 8.85. The number of aromatic nitrogens is 2. The Hall–Kier alpha value is -2.58. The van der Waals surface area contributed by atoms with Crippen molar-refractivity contribution in [1.29, 1.82) is 0 Å². The number of hydrogen-bond donors (Lipinski definition) is 1. The normalized spacial score (nSPS) is 13.7. The van der Waals surface area contributed by atoms with Gasteiger partial charge in [0.2, 0.25) is 11.0 Å². The highest BCUT2D eigenvalue weighted by Crippen LogP contribution is 2.29. The lowest BCUT2D eigenvalue weighted by molar-refractivity contribution is -0.127. The van der Waals surface area contributed by atoms with Crippen molar-refractivity contribution in [3.05, 3.63) is 66.3 Å². The molecule has 0 atom stereocenters. The summed E-state index contributed by atoms with van der Waals surface area (Å²) in [6, 6.07) is 13.6. The number of nitrogens with zero attached hydrogens (tertiary/aromatic N) is 3. The van der Waals surface area contributed by atoms with Gasteiger partial charge >= 0.3 is 0 Å². The summed E-state index contributed by atoms with van der Waals surface area (Å²) < 4.78 is 6.24. The van der Waals surface area contributed by atoms with Crippen molar-refractivity contribution >= 4 is 39.8 Å². The third kappa shape index (κ3) is 5.48. The van der Waals surface area contributed by atoms with Crippen LogP contribution in [0.1, 0.15) is 31.4 Å². The van der Waals surface area contributed by atoms with Gasteiger partial charge in [0, 0.05) is 11.4 Å². The predicted molar refractivity (Wildman–Crippen MR) is 116 cm³/mol. The molecule has 0 fully saturated rings. The summed E-state index contributed by atoms with van der Waals surface area (Å²) in [7, 11) is 0. The van der Waals surface area contributed by atoms with Crippen LogP contribution < -0.4 is 5.32 Å². The van der Waals surface area contributed by atoms with Crippen molar-refractivity contribution in [3.8, 4) is 0 Å². The van der Waals surface area contributed by atoms with Crippen molar-refractivity contribution in [2.24, 2.45) is 0 Å². The van der Waals surface area contributed by atoms with Crippen LogP contribution in [0.3, 0.4) is 0 Å². The summed E-state index contributed by atoms with van der Waals surface area (Å²) in [5, 5.41) is 12.3. The second kappa shape index (κ2) is 9.76. The van der Waals surface area contributed by atoms with Gasteiger partial charge in [0.05, 0.1) is 18.6 Å². The van der Waals surface area contributed by atoms with Crippen molar-refractivity contribution < 1.29 is 9.21 Å². The van der Waals surface area contributed by atoms with Gasteiger partial charge in [-0.2, -0.15) is 0 Å². The number of benzene rings is 1. The molecule has 6 nitrogen and oxygen atoms in total. The largest absolute Gasteiger partial charge is 0.467 e. The number of amides is 1. The van der Waals surface area contributed by atoms with E-state index in [1.807, 2.05) is 47.4 Å². The molecule has 150 valence electrons. The summed E-state index contributed by atoms with van der Waals surface area (Å²) >= 11 is 2.87. The minimum atomic E-state index is 0.0623. The highest BCUT2D eigenvalue weighted by molar-refractivity contribution is 8.01. The fourth-order valence-corrected chi connectivity index (χ4v) is 4.79. The number of para-hydroxylation sites is 1. The van der Waals surface area contributed by atoms with Gasteiger partial charge in [-0.05, 0) is 49.9 Å². The zero-order valence-corrected chi connectivity index (χ0v) is 17.5. The molecule has 2 aromatic heterocycles. The average Bonchev–Trinajstić information content (AvgIpc) is 3.44. The first kappa shape index (κ1) is 19.7. The highest BCUT2D eigenvalue weighted by atomic mass is 32.2. The summed E-state index contributed by atoms with van der Waals surface area (Å²) in [4.78, 5) is 14.9.